The third-order valence-corrected chi connectivity index (χ3v) is 9.33. The van der Waals surface area contributed by atoms with Crippen LogP contribution in [0.1, 0.15) is 86.3 Å². The molecule has 2 fully saturated rings. The lowest BCUT2D eigenvalue weighted by molar-refractivity contribution is -0.148. The fourth-order valence-corrected chi connectivity index (χ4v) is 6.80. The van der Waals surface area contributed by atoms with Crippen LogP contribution in [0.15, 0.2) is 30.3 Å². The SMILES string of the molecule is CN(C)C(=O)[C@@H](NC(=O)CNC(=O)C(=O)C(CCC(F)(F)F)NC(=O)[C@@H]1[C@H]2CC(C)(C)O[C@H]2CN1C(=O)[C@@H](NC(=O)NC(C)(C)C)C(C)(C)C)c1ccccc1. The van der Waals surface area contributed by atoms with E-state index in [4.69, 9.17) is 4.74 Å². The number of hydrogen-bond donors (Lipinski definition) is 5. The molecule has 0 aromatic heterocycles. The van der Waals surface area contributed by atoms with Gasteiger partial charge in [0, 0.05) is 38.5 Å². The van der Waals surface area contributed by atoms with Crippen molar-refractivity contribution in [1.29, 1.82) is 0 Å². The largest absolute Gasteiger partial charge is 0.389 e. The van der Waals surface area contributed by atoms with E-state index in [1.165, 1.54) is 23.9 Å². The van der Waals surface area contributed by atoms with Gasteiger partial charge in [-0.1, -0.05) is 51.1 Å². The second kappa shape index (κ2) is 17.6. The standard InChI is InChI=1S/C38H56F3N7O8/c1-35(2,3)29(45-34(55)46-36(4,5)6)33(54)48-20-24-22(18-37(7,8)56-24)27(48)30(51)43-23(16-17-38(39,40)41)28(50)31(52)42-19-25(49)44-26(32(53)47(9)10)21-14-12-11-13-15-21/h11-15,22-24,26-27,29H,16-20H2,1-10H3,(H,42,52)(H,43,51)(H,44,49)(H2,45,46,55)/t22-,23?,24-,26-,27-,29+/m0/s1. The van der Waals surface area contributed by atoms with Crippen molar-refractivity contribution in [2.24, 2.45) is 11.3 Å². The minimum Gasteiger partial charge on any atom is -0.370 e. The molecule has 18 heteroatoms. The van der Waals surface area contributed by atoms with Crippen molar-refractivity contribution in [3.05, 3.63) is 35.9 Å². The van der Waals surface area contributed by atoms with E-state index < -0.39 is 120 Å². The Balaban J connectivity index is 1.85. The maximum Gasteiger partial charge on any atom is 0.389 e. The first-order chi connectivity index (χ1) is 25.6. The Labute approximate surface area is 325 Å². The summed E-state index contributed by atoms with van der Waals surface area (Å²) in [5, 5.41) is 12.3. The van der Waals surface area contributed by atoms with E-state index in [2.05, 4.69) is 26.6 Å². The first-order valence-corrected chi connectivity index (χ1v) is 18.4. The van der Waals surface area contributed by atoms with Crippen LogP contribution in [0.25, 0.3) is 0 Å². The molecule has 1 aromatic carbocycles. The third kappa shape index (κ3) is 12.6. The lowest BCUT2D eigenvalue weighted by atomic mass is 9.85. The number of halogens is 3. The fourth-order valence-electron chi connectivity index (χ4n) is 6.80. The number of nitrogens with zero attached hydrogens (tertiary/aromatic N) is 2. The number of alkyl halides is 3. The van der Waals surface area contributed by atoms with Gasteiger partial charge >= 0.3 is 12.2 Å². The Kier molecular flexibility index (Phi) is 14.3. The number of carbonyl (C=O) groups is 7. The Morgan fingerprint density at radius 1 is 0.929 bits per heavy atom. The highest BCUT2D eigenvalue weighted by molar-refractivity contribution is 6.38. The number of urea groups is 1. The summed E-state index contributed by atoms with van der Waals surface area (Å²) < 4.78 is 46.6. The second-order valence-electron chi connectivity index (χ2n) is 17.3. The quantitative estimate of drug-likeness (QED) is 0.188. The van der Waals surface area contributed by atoms with E-state index in [1.54, 1.807) is 85.7 Å². The van der Waals surface area contributed by atoms with E-state index in [9.17, 15) is 46.7 Å². The molecule has 1 aromatic rings. The number of nitrogens with one attached hydrogen (secondary N) is 5. The van der Waals surface area contributed by atoms with Gasteiger partial charge in [0.25, 0.3) is 5.91 Å². The van der Waals surface area contributed by atoms with Gasteiger partial charge in [-0.05, 0) is 58.4 Å². The summed E-state index contributed by atoms with van der Waals surface area (Å²) in [5.41, 5.74) is -1.81. The van der Waals surface area contributed by atoms with Crippen LogP contribution in [-0.4, -0.2) is 120 Å². The van der Waals surface area contributed by atoms with Gasteiger partial charge in [0.2, 0.25) is 29.4 Å². The van der Waals surface area contributed by atoms with Crippen LogP contribution in [-0.2, 0) is 33.5 Å². The molecule has 2 saturated heterocycles. The summed E-state index contributed by atoms with van der Waals surface area (Å²) in [6.45, 7) is 13.1. The molecule has 0 bridgehead atoms. The number of fused-ring (bicyclic) bond motifs is 1. The number of likely N-dealkylation sites (tertiary alicyclic amines) is 1. The predicted molar refractivity (Wildman–Crippen MR) is 198 cm³/mol. The highest BCUT2D eigenvalue weighted by Gasteiger charge is 2.57. The number of carbonyl (C=O) groups excluding carboxylic acids is 7. The van der Waals surface area contributed by atoms with Gasteiger partial charge in [-0.15, -0.1) is 0 Å². The van der Waals surface area contributed by atoms with Gasteiger partial charge in [0.1, 0.15) is 18.1 Å². The molecule has 0 saturated carbocycles. The number of ketones is 1. The molecule has 2 heterocycles. The minimum absolute atomic E-state index is 0.0861. The highest BCUT2D eigenvalue weighted by Crippen LogP contribution is 2.43. The van der Waals surface area contributed by atoms with Gasteiger partial charge in [-0.3, -0.25) is 28.8 Å². The lowest BCUT2D eigenvalue weighted by Gasteiger charge is -2.37. The maximum absolute atomic E-state index is 14.3. The van der Waals surface area contributed by atoms with Crippen molar-refractivity contribution in [1.82, 2.24) is 36.4 Å². The number of Topliss-reactive ketones (excluding diaryl/α,β-unsaturated/α-hetero) is 1. The summed E-state index contributed by atoms with van der Waals surface area (Å²) in [6, 6.07) is 1.93. The average molecular weight is 796 g/mol. The van der Waals surface area contributed by atoms with E-state index in [-0.39, 0.29) is 13.0 Å². The first-order valence-electron chi connectivity index (χ1n) is 18.4. The van der Waals surface area contributed by atoms with Crippen LogP contribution in [0.3, 0.4) is 0 Å². The van der Waals surface area contributed by atoms with Crippen LogP contribution < -0.4 is 26.6 Å². The van der Waals surface area contributed by atoms with Crippen LogP contribution >= 0.6 is 0 Å². The fraction of sp³-hybridized carbons (Fsp3) is 0.658. The zero-order chi connectivity index (χ0) is 42.6. The van der Waals surface area contributed by atoms with E-state index in [0.717, 1.165) is 0 Å². The zero-order valence-electron chi connectivity index (χ0n) is 33.7. The summed E-state index contributed by atoms with van der Waals surface area (Å²) in [5.74, 6) is -6.55. The van der Waals surface area contributed by atoms with E-state index in [1.807, 2.05) is 0 Å². The van der Waals surface area contributed by atoms with Crippen LogP contribution in [0.2, 0.25) is 0 Å². The Hall–Kier alpha value is -4.74. The molecule has 1 unspecified atom stereocenters. The summed E-state index contributed by atoms with van der Waals surface area (Å²) in [7, 11) is 2.96. The van der Waals surface area contributed by atoms with Gasteiger partial charge in [-0.25, -0.2) is 4.79 Å². The van der Waals surface area contributed by atoms with Gasteiger partial charge in [0.15, 0.2) is 0 Å². The van der Waals surface area contributed by atoms with Crippen LogP contribution in [0.5, 0.6) is 0 Å². The van der Waals surface area contributed by atoms with Gasteiger partial charge in [0.05, 0.1) is 24.3 Å². The number of benzene rings is 1. The number of likely N-dealkylation sites (N-methyl/N-ethyl adjacent to an activating group) is 1. The molecule has 3 rings (SSSR count). The van der Waals surface area contributed by atoms with E-state index >= 15 is 0 Å². The Morgan fingerprint density at radius 3 is 2.07 bits per heavy atom. The smallest absolute Gasteiger partial charge is 0.370 e. The van der Waals surface area contributed by atoms with Crippen molar-refractivity contribution in [3.8, 4) is 0 Å². The number of hydrogen-bond acceptors (Lipinski definition) is 8. The van der Waals surface area contributed by atoms with Gasteiger partial charge in [-0.2, -0.15) is 13.2 Å². The number of ether oxygens (including phenoxy) is 1. The van der Waals surface area contributed by atoms with Crippen LogP contribution in [0.4, 0.5) is 18.0 Å². The molecule has 0 radical (unpaired) electrons. The monoisotopic (exact) mass is 795 g/mol. The topological polar surface area (TPSA) is 195 Å². The predicted octanol–water partition coefficient (Wildman–Crippen LogP) is 2.35. The normalized spacial score (nSPS) is 20.8. The Bertz CT molecular complexity index is 1640. The van der Waals surface area contributed by atoms with Crippen molar-refractivity contribution >= 4 is 41.4 Å². The summed E-state index contributed by atoms with van der Waals surface area (Å²) >= 11 is 0. The van der Waals surface area contributed by atoms with E-state index in [0.29, 0.717) is 5.56 Å². The molecular weight excluding hydrogens is 739 g/mol. The van der Waals surface area contributed by atoms with Crippen molar-refractivity contribution < 1.29 is 51.5 Å². The molecule has 6 atom stereocenters. The molecule has 0 spiro atoms. The lowest BCUT2D eigenvalue weighted by Crippen LogP contribution is -2.62. The molecule has 312 valence electrons. The molecule has 5 N–H and O–H groups in total. The summed E-state index contributed by atoms with van der Waals surface area (Å²) in [4.78, 5) is 96.1. The number of amides is 7. The van der Waals surface area contributed by atoms with Crippen molar-refractivity contribution in [3.63, 3.8) is 0 Å². The summed E-state index contributed by atoms with van der Waals surface area (Å²) in [6.07, 6.45) is -7.71. The zero-order valence-corrected chi connectivity index (χ0v) is 33.7. The number of rotatable bonds is 13. The molecular formula is C38H56F3N7O8. The average Bonchev–Trinajstić information content (AvgIpc) is 3.55. The van der Waals surface area contributed by atoms with Crippen molar-refractivity contribution in [2.75, 3.05) is 27.2 Å². The molecule has 56 heavy (non-hydrogen) atoms. The molecule has 2 aliphatic rings. The molecule has 15 nitrogen and oxygen atoms in total. The third-order valence-electron chi connectivity index (χ3n) is 9.33. The van der Waals surface area contributed by atoms with Crippen molar-refractivity contribution in [2.45, 2.75) is 122 Å². The molecule has 7 amide bonds. The second-order valence-corrected chi connectivity index (χ2v) is 17.3. The Morgan fingerprint density at radius 2 is 1.54 bits per heavy atom. The molecule has 2 aliphatic heterocycles. The van der Waals surface area contributed by atoms with Crippen LogP contribution in [0, 0.1) is 11.3 Å². The molecule has 0 aliphatic carbocycles. The maximum atomic E-state index is 14.3. The van der Waals surface area contributed by atoms with Gasteiger partial charge < -0.3 is 41.1 Å². The highest BCUT2D eigenvalue weighted by atomic mass is 19.4. The first kappa shape index (κ1) is 45.6. The minimum atomic E-state index is -4.77.